The molecule has 1 N–H and O–H groups in total. The van der Waals surface area contributed by atoms with Crippen molar-refractivity contribution in [3.8, 4) is 17.4 Å². The zero-order valence-corrected chi connectivity index (χ0v) is 14.9. The Morgan fingerprint density at radius 2 is 2.00 bits per heavy atom. The maximum absolute atomic E-state index is 9.32. The lowest BCUT2D eigenvalue weighted by Crippen LogP contribution is -1.91. The molecule has 4 rings (SSSR count). The average Bonchev–Trinajstić information content (AvgIpc) is 3.29. The summed E-state index contributed by atoms with van der Waals surface area (Å²) < 4.78 is 5.89. The minimum Gasteiger partial charge on any atom is -0.456 e. The molecule has 0 amide bonds. The number of hydrogen-bond acceptors (Lipinski definition) is 5. The number of aromatic nitrogens is 1. The minimum atomic E-state index is 0.518. The lowest BCUT2D eigenvalue weighted by molar-refractivity contribution is 0.631. The average molecular weight is 357 g/mol. The molecule has 4 aromatic rings. The Morgan fingerprint density at radius 3 is 2.69 bits per heavy atom. The van der Waals surface area contributed by atoms with E-state index in [1.165, 1.54) is 11.3 Å². The summed E-state index contributed by atoms with van der Waals surface area (Å²) in [7, 11) is 0. The van der Waals surface area contributed by atoms with Crippen LogP contribution in [0.2, 0.25) is 0 Å². The highest BCUT2D eigenvalue weighted by molar-refractivity contribution is 7.10. The zero-order chi connectivity index (χ0) is 17.9. The van der Waals surface area contributed by atoms with Gasteiger partial charge in [0, 0.05) is 33.9 Å². The normalized spacial score (nSPS) is 11.5. The van der Waals surface area contributed by atoms with Crippen LogP contribution in [0.25, 0.3) is 27.9 Å². The van der Waals surface area contributed by atoms with Crippen LogP contribution in [0.5, 0.6) is 0 Å². The fourth-order valence-electron chi connectivity index (χ4n) is 2.63. The van der Waals surface area contributed by atoms with Crippen molar-refractivity contribution in [1.29, 1.82) is 5.26 Å². The van der Waals surface area contributed by atoms with Gasteiger partial charge in [-0.25, -0.2) is 4.98 Å². The predicted molar refractivity (Wildman–Crippen MR) is 106 cm³/mol. The minimum absolute atomic E-state index is 0.518. The number of anilines is 1. The van der Waals surface area contributed by atoms with Crippen LogP contribution in [-0.4, -0.2) is 4.98 Å². The van der Waals surface area contributed by atoms with Crippen molar-refractivity contribution in [3.63, 3.8) is 0 Å². The van der Waals surface area contributed by atoms with Crippen LogP contribution >= 0.6 is 11.3 Å². The largest absolute Gasteiger partial charge is 0.456 e. The lowest BCUT2D eigenvalue weighted by Gasteiger charge is -2.03. The van der Waals surface area contributed by atoms with E-state index in [0.29, 0.717) is 5.57 Å². The van der Waals surface area contributed by atoms with Gasteiger partial charge in [-0.1, -0.05) is 18.2 Å². The molecule has 2 heterocycles. The van der Waals surface area contributed by atoms with Crippen molar-refractivity contribution < 1.29 is 4.42 Å². The molecular weight excluding hydrogens is 342 g/mol. The molecule has 0 fully saturated rings. The summed E-state index contributed by atoms with van der Waals surface area (Å²) in [4.78, 5) is 4.34. The summed E-state index contributed by atoms with van der Waals surface area (Å²) in [5.74, 6) is 0.837. The Kier molecular flexibility index (Phi) is 4.26. The molecule has 2 aromatic carbocycles. The van der Waals surface area contributed by atoms with Crippen LogP contribution in [0.1, 0.15) is 10.7 Å². The highest BCUT2D eigenvalue weighted by Gasteiger charge is 2.07. The molecule has 0 unspecified atom stereocenters. The molecule has 0 aliphatic heterocycles. The molecule has 0 saturated carbocycles. The first-order valence-electron chi connectivity index (χ1n) is 8.11. The number of nitrogens with zero attached hydrogens (tertiary/aromatic N) is 2. The number of fused-ring (bicyclic) bond motifs is 1. The summed E-state index contributed by atoms with van der Waals surface area (Å²) >= 11 is 1.46. The summed E-state index contributed by atoms with van der Waals surface area (Å²) in [6.45, 7) is 1.92. The molecule has 0 radical (unpaired) electrons. The van der Waals surface area contributed by atoms with Gasteiger partial charge in [-0.05, 0) is 43.3 Å². The smallest absolute Gasteiger partial charge is 0.135 e. The molecule has 0 spiro atoms. The second-order valence-corrected chi connectivity index (χ2v) is 6.69. The first kappa shape index (κ1) is 16.1. The molecule has 4 nitrogen and oxygen atoms in total. The van der Waals surface area contributed by atoms with Gasteiger partial charge in [-0.3, -0.25) is 0 Å². The van der Waals surface area contributed by atoms with Gasteiger partial charge in [0.2, 0.25) is 0 Å². The van der Waals surface area contributed by atoms with Crippen LogP contribution in [0, 0.1) is 18.3 Å². The number of benzene rings is 2. The standard InChI is InChI=1S/C21H15N3OS/c1-14-13-26-21(24-14)17(11-22)12-23-18-8-6-15(7-9-18)20-10-16-4-2-3-5-19(16)25-20/h2-10,12-13,23H,1H3/b17-12+. The number of rotatable bonds is 4. The Labute approximate surface area is 155 Å². The molecule has 26 heavy (non-hydrogen) atoms. The number of hydrogen-bond donors (Lipinski definition) is 1. The van der Waals surface area contributed by atoms with Crippen LogP contribution in [0.3, 0.4) is 0 Å². The van der Waals surface area contributed by atoms with Gasteiger partial charge in [0.1, 0.15) is 28.0 Å². The maximum Gasteiger partial charge on any atom is 0.135 e. The molecule has 0 aliphatic carbocycles. The van der Waals surface area contributed by atoms with E-state index < -0.39 is 0 Å². The molecule has 2 aromatic heterocycles. The molecular formula is C21H15N3OS. The number of thiazole rings is 1. The molecule has 0 atom stereocenters. The number of nitriles is 1. The fraction of sp³-hybridized carbons (Fsp3) is 0.0476. The maximum atomic E-state index is 9.32. The van der Waals surface area contributed by atoms with Crippen LogP contribution in [0.15, 0.2) is 70.6 Å². The van der Waals surface area contributed by atoms with E-state index >= 15 is 0 Å². The Balaban J connectivity index is 1.54. The van der Waals surface area contributed by atoms with Crippen LogP contribution in [-0.2, 0) is 0 Å². The number of allylic oxidation sites excluding steroid dienone is 1. The van der Waals surface area contributed by atoms with Gasteiger partial charge in [0.25, 0.3) is 0 Å². The van der Waals surface area contributed by atoms with Gasteiger partial charge in [-0.2, -0.15) is 5.26 Å². The lowest BCUT2D eigenvalue weighted by atomic mass is 10.1. The molecule has 5 heteroatoms. The summed E-state index contributed by atoms with van der Waals surface area (Å²) in [6.07, 6.45) is 1.69. The monoisotopic (exact) mass is 357 g/mol. The quantitative estimate of drug-likeness (QED) is 0.466. The predicted octanol–water partition coefficient (Wildman–Crippen LogP) is 5.84. The zero-order valence-electron chi connectivity index (χ0n) is 14.1. The van der Waals surface area contributed by atoms with Gasteiger partial charge >= 0.3 is 0 Å². The first-order valence-corrected chi connectivity index (χ1v) is 8.99. The van der Waals surface area contributed by atoms with Crippen LogP contribution < -0.4 is 5.32 Å². The van der Waals surface area contributed by atoms with Crippen molar-refractivity contribution in [3.05, 3.63) is 76.9 Å². The fourth-order valence-corrected chi connectivity index (χ4v) is 3.39. The number of furan rings is 1. The van der Waals surface area contributed by atoms with Crippen molar-refractivity contribution in [2.75, 3.05) is 5.32 Å². The highest BCUT2D eigenvalue weighted by atomic mass is 32.1. The Hall–Kier alpha value is -3.36. The molecule has 0 saturated heterocycles. The first-order chi connectivity index (χ1) is 12.7. The Morgan fingerprint density at radius 1 is 1.19 bits per heavy atom. The van der Waals surface area contributed by atoms with Crippen molar-refractivity contribution in [1.82, 2.24) is 4.98 Å². The topological polar surface area (TPSA) is 61.9 Å². The number of nitrogens with one attached hydrogen (secondary N) is 1. The van der Waals surface area contributed by atoms with Gasteiger partial charge in [-0.15, -0.1) is 11.3 Å². The Bertz CT molecular complexity index is 1100. The van der Waals surface area contributed by atoms with Gasteiger partial charge in [0.15, 0.2) is 0 Å². The summed E-state index contributed by atoms with van der Waals surface area (Å²) in [6, 6.07) is 20.1. The highest BCUT2D eigenvalue weighted by Crippen LogP contribution is 2.28. The summed E-state index contributed by atoms with van der Waals surface area (Å²) in [5, 5.41) is 16.2. The van der Waals surface area contributed by atoms with Crippen LogP contribution in [0.4, 0.5) is 5.69 Å². The number of aryl methyl sites for hydroxylation is 1. The molecule has 0 bridgehead atoms. The van der Waals surface area contributed by atoms with E-state index in [-0.39, 0.29) is 0 Å². The van der Waals surface area contributed by atoms with E-state index in [0.717, 1.165) is 38.7 Å². The van der Waals surface area contributed by atoms with Gasteiger partial charge < -0.3 is 9.73 Å². The van der Waals surface area contributed by atoms with Crippen molar-refractivity contribution in [2.24, 2.45) is 0 Å². The summed E-state index contributed by atoms with van der Waals surface area (Å²) in [5.41, 5.74) is 4.22. The molecule has 126 valence electrons. The third kappa shape index (κ3) is 3.23. The van der Waals surface area contributed by atoms with E-state index in [4.69, 9.17) is 4.42 Å². The second-order valence-electron chi connectivity index (χ2n) is 5.83. The third-order valence-electron chi connectivity index (χ3n) is 3.95. The number of para-hydroxylation sites is 1. The van der Waals surface area contributed by atoms with E-state index in [1.807, 2.05) is 66.9 Å². The third-order valence-corrected chi connectivity index (χ3v) is 4.94. The van der Waals surface area contributed by atoms with E-state index in [2.05, 4.69) is 16.4 Å². The molecule has 0 aliphatic rings. The van der Waals surface area contributed by atoms with Crippen molar-refractivity contribution >= 4 is 33.6 Å². The van der Waals surface area contributed by atoms with Gasteiger partial charge in [0.05, 0.1) is 0 Å². The SMILES string of the molecule is Cc1csc(/C(C#N)=C/Nc2ccc(-c3cc4ccccc4o3)cc2)n1. The van der Waals surface area contributed by atoms with E-state index in [9.17, 15) is 5.26 Å². The van der Waals surface area contributed by atoms with Crippen molar-refractivity contribution in [2.45, 2.75) is 6.92 Å². The second kappa shape index (κ2) is 6.87. The van der Waals surface area contributed by atoms with E-state index in [1.54, 1.807) is 6.20 Å².